The Morgan fingerprint density at radius 3 is 2.73 bits per heavy atom. The number of aliphatic hydroxyl groups is 1. The van der Waals surface area contributed by atoms with Gasteiger partial charge in [0.05, 0.1) is 12.3 Å². The number of aliphatic hydroxyl groups excluding tert-OH is 1. The van der Waals surface area contributed by atoms with E-state index < -0.39 is 0 Å². The maximum atomic E-state index is 10.4. The smallest absolute Gasteiger partial charge is 0.0917 e. The number of nitrogens with zero attached hydrogens (tertiary/aromatic N) is 3. The number of benzene rings is 1. The predicted molar refractivity (Wildman–Crippen MR) is 87.5 cm³/mol. The van der Waals surface area contributed by atoms with Crippen LogP contribution in [-0.2, 0) is 13.5 Å². The van der Waals surface area contributed by atoms with Crippen LogP contribution in [0.2, 0.25) is 0 Å². The lowest BCUT2D eigenvalue weighted by Gasteiger charge is -2.25. The van der Waals surface area contributed by atoms with Gasteiger partial charge in [-0.05, 0) is 43.4 Å². The van der Waals surface area contributed by atoms with E-state index in [4.69, 9.17) is 0 Å². The minimum absolute atomic E-state index is 0.389. The molecular formula is C18H25N3O. The number of rotatable bonds is 8. The molecule has 0 bridgehead atoms. The van der Waals surface area contributed by atoms with Gasteiger partial charge in [0.2, 0.25) is 0 Å². The maximum Gasteiger partial charge on any atom is 0.0917 e. The summed E-state index contributed by atoms with van der Waals surface area (Å²) < 4.78 is 1.85. The molecule has 1 unspecified atom stereocenters. The van der Waals surface area contributed by atoms with Gasteiger partial charge < -0.3 is 5.11 Å². The van der Waals surface area contributed by atoms with Gasteiger partial charge in [-0.25, -0.2) is 0 Å². The molecule has 4 nitrogen and oxygen atoms in total. The molecular weight excluding hydrogens is 274 g/mol. The molecule has 0 radical (unpaired) electrons. The third-order valence-electron chi connectivity index (χ3n) is 4.32. The summed E-state index contributed by atoms with van der Waals surface area (Å²) in [6.07, 6.45) is 8.35. The normalized spacial score (nSPS) is 16.1. The lowest BCUT2D eigenvalue weighted by atomic mass is 10.1. The van der Waals surface area contributed by atoms with Crippen molar-refractivity contribution in [2.75, 3.05) is 13.1 Å². The highest BCUT2D eigenvalue weighted by Crippen LogP contribution is 2.29. The predicted octanol–water partition coefficient (Wildman–Crippen LogP) is 2.55. The molecule has 1 fully saturated rings. The van der Waals surface area contributed by atoms with E-state index in [9.17, 15) is 5.11 Å². The molecule has 1 saturated carbocycles. The number of aromatic nitrogens is 2. The van der Waals surface area contributed by atoms with Gasteiger partial charge in [-0.2, -0.15) is 5.10 Å². The largest absolute Gasteiger partial charge is 0.387 e. The van der Waals surface area contributed by atoms with Crippen LogP contribution in [0.3, 0.4) is 0 Å². The van der Waals surface area contributed by atoms with Crippen molar-refractivity contribution in [3.63, 3.8) is 0 Å². The first-order valence-electron chi connectivity index (χ1n) is 8.17. The molecule has 4 heteroatoms. The molecule has 1 atom stereocenters. The van der Waals surface area contributed by atoms with Crippen LogP contribution in [-0.4, -0.2) is 38.9 Å². The Bertz CT molecular complexity index is 577. The fourth-order valence-electron chi connectivity index (χ4n) is 2.95. The van der Waals surface area contributed by atoms with Gasteiger partial charge in [-0.3, -0.25) is 9.58 Å². The zero-order valence-corrected chi connectivity index (χ0v) is 13.2. The standard InChI is InChI=1S/C18H25N3O/c1-20-13-15(12-19-20)6-5-11-21(17-9-10-17)14-18(22)16-7-3-2-4-8-16/h2-4,7-8,12-13,17-18,22H,5-6,9-11,14H2,1H3. The van der Waals surface area contributed by atoms with Crippen LogP contribution in [0.1, 0.15) is 36.5 Å². The van der Waals surface area contributed by atoms with Crippen LogP contribution in [0.15, 0.2) is 42.7 Å². The van der Waals surface area contributed by atoms with Crippen molar-refractivity contribution in [2.24, 2.45) is 7.05 Å². The number of hydrogen-bond donors (Lipinski definition) is 1. The molecule has 1 aromatic carbocycles. The molecule has 2 aromatic rings. The van der Waals surface area contributed by atoms with E-state index >= 15 is 0 Å². The minimum atomic E-state index is -0.389. The second-order valence-corrected chi connectivity index (χ2v) is 6.28. The average molecular weight is 299 g/mol. The van der Waals surface area contributed by atoms with Gasteiger partial charge in [0.1, 0.15) is 0 Å². The minimum Gasteiger partial charge on any atom is -0.387 e. The highest BCUT2D eigenvalue weighted by Gasteiger charge is 2.30. The summed E-state index contributed by atoms with van der Waals surface area (Å²) >= 11 is 0. The van der Waals surface area contributed by atoms with Gasteiger partial charge in [0.25, 0.3) is 0 Å². The van der Waals surface area contributed by atoms with Crippen molar-refractivity contribution < 1.29 is 5.11 Å². The van der Waals surface area contributed by atoms with E-state index in [1.165, 1.54) is 18.4 Å². The lowest BCUT2D eigenvalue weighted by Crippen LogP contribution is -2.32. The molecule has 118 valence electrons. The third kappa shape index (κ3) is 4.18. The maximum absolute atomic E-state index is 10.4. The summed E-state index contributed by atoms with van der Waals surface area (Å²) in [5.74, 6) is 0. The molecule has 1 heterocycles. The summed E-state index contributed by atoms with van der Waals surface area (Å²) in [4.78, 5) is 2.45. The first kappa shape index (κ1) is 15.3. The summed E-state index contributed by atoms with van der Waals surface area (Å²) in [6.45, 7) is 1.78. The highest BCUT2D eigenvalue weighted by atomic mass is 16.3. The molecule has 1 aliphatic rings. The van der Waals surface area contributed by atoms with Gasteiger partial charge >= 0.3 is 0 Å². The second-order valence-electron chi connectivity index (χ2n) is 6.28. The van der Waals surface area contributed by atoms with E-state index in [2.05, 4.69) is 16.2 Å². The van der Waals surface area contributed by atoms with Crippen molar-refractivity contribution in [1.29, 1.82) is 0 Å². The number of aryl methyl sites for hydroxylation is 2. The third-order valence-corrected chi connectivity index (χ3v) is 4.32. The topological polar surface area (TPSA) is 41.3 Å². The first-order valence-corrected chi connectivity index (χ1v) is 8.17. The molecule has 3 rings (SSSR count). The van der Waals surface area contributed by atoms with E-state index in [0.717, 1.165) is 31.5 Å². The molecule has 1 aliphatic carbocycles. The molecule has 0 amide bonds. The monoisotopic (exact) mass is 299 g/mol. The fourth-order valence-corrected chi connectivity index (χ4v) is 2.95. The Morgan fingerprint density at radius 2 is 2.09 bits per heavy atom. The molecule has 0 saturated heterocycles. The van der Waals surface area contributed by atoms with E-state index in [1.807, 2.05) is 48.3 Å². The van der Waals surface area contributed by atoms with E-state index in [0.29, 0.717) is 6.04 Å². The highest BCUT2D eigenvalue weighted by molar-refractivity contribution is 5.17. The van der Waals surface area contributed by atoms with Crippen molar-refractivity contribution in [3.05, 3.63) is 53.9 Å². The van der Waals surface area contributed by atoms with E-state index in [1.54, 1.807) is 0 Å². The number of hydrogen-bond acceptors (Lipinski definition) is 3. The Hall–Kier alpha value is -1.65. The Labute approximate surface area is 132 Å². The summed E-state index contributed by atoms with van der Waals surface area (Å²) in [5, 5.41) is 14.6. The molecule has 0 aliphatic heterocycles. The van der Waals surface area contributed by atoms with Crippen molar-refractivity contribution in [2.45, 2.75) is 37.8 Å². The van der Waals surface area contributed by atoms with Crippen LogP contribution in [0.5, 0.6) is 0 Å². The molecule has 1 N–H and O–H groups in total. The van der Waals surface area contributed by atoms with Crippen LogP contribution >= 0.6 is 0 Å². The quantitative estimate of drug-likeness (QED) is 0.814. The zero-order valence-electron chi connectivity index (χ0n) is 13.2. The Kier molecular flexibility index (Phi) is 4.90. The molecule has 1 aromatic heterocycles. The molecule has 22 heavy (non-hydrogen) atoms. The lowest BCUT2D eigenvalue weighted by molar-refractivity contribution is 0.108. The van der Waals surface area contributed by atoms with Crippen molar-refractivity contribution >= 4 is 0 Å². The average Bonchev–Trinajstić information content (AvgIpc) is 3.30. The van der Waals surface area contributed by atoms with Crippen molar-refractivity contribution in [1.82, 2.24) is 14.7 Å². The Morgan fingerprint density at radius 1 is 1.32 bits per heavy atom. The van der Waals surface area contributed by atoms with E-state index in [-0.39, 0.29) is 6.10 Å². The van der Waals surface area contributed by atoms with Crippen molar-refractivity contribution in [3.8, 4) is 0 Å². The van der Waals surface area contributed by atoms with Crippen LogP contribution in [0.4, 0.5) is 0 Å². The van der Waals surface area contributed by atoms with Gasteiger partial charge in [0, 0.05) is 25.8 Å². The first-order chi connectivity index (χ1) is 10.7. The van der Waals surface area contributed by atoms with Crippen LogP contribution in [0.25, 0.3) is 0 Å². The Balaban J connectivity index is 1.50. The summed E-state index contributed by atoms with van der Waals surface area (Å²) in [7, 11) is 1.95. The van der Waals surface area contributed by atoms with Gasteiger partial charge in [0.15, 0.2) is 0 Å². The van der Waals surface area contributed by atoms with Gasteiger partial charge in [-0.15, -0.1) is 0 Å². The molecule has 0 spiro atoms. The summed E-state index contributed by atoms with van der Waals surface area (Å²) in [6, 6.07) is 10.6. The second kappa shape index (κ2) is 7.07. The van der Waals surface area contributed by atoms with Gasteiger partial charge in [-0.1, -0.05) is 30.3 Å². The van der Waals surface area contributed by atoms with Crippen LogP contribution < -0.4 is 0 Å². The fraction of sp³-hybridized carbons (Fsp3) is 0.500. The SMILES string of the molecule is Cn1cc(CCCN(CC(O)c2ccccc2)C2CC2)cn1. The van der Waals surface area contributed by atoms with Crippen LogP contribution in [0, 0.1) is 0 Å². The summed E-state index contributed by atoms with van der Waals surface area (Å²) in [5.41, 5.74) is 2.31. The zero-order chi connectivity index (χ0) is 15.4.